The number of fused-ring (bicyclic) bond motifs is 1. The monoisotopic (exact) mass is 292 g/mol. The van der Waals surface area contributed by atoms with E-state index in [1.807, 2.05) is 39.0 Å². The largest absolute Gasteiger partial charge is 0.488 e. The summed E-state index contributed by atoms with van der Waals surface area (Å²) in [5.41, 5.74) is 1.93. The minimum Gasteiger partial charge on any atom is -0.488 e. The Labute approximate surface area is 122 Å². The number of ether oxygens (including phenoxy) is 1. The first-order valence-corrected chi connectivity index (χ1v) is 6.92. The Hall–Kier alpha value is -1.74. The molecule has 1 aromatic heterocycles. The lowest BCUT2D eigenvalue weighted by atomic mass is 10.1. The highest BCUT2D eigenvalue weighted by atomic mass is 35.5. The highest BCUT2D eigenvalue weighted by Crippen LogP contribution is 2.28. The summed E-state index contributed by atoms with van der Waals surface area (Å²) in [5, 5.41) is 1.59. The first-order valence-electron chi connectivity index (χ1n) is 6.54. The number of rotatable bonds is 4. The van der Waals surface area contributed by atoms with Crippen molar-refractivity contribution in [2.75, 3.05) is 6.61 Å². The molecule has 0 radical (unpaired) electrons. The third kappa shape index (κ3) is 3.05. The molecule has 1 heterocycles. The van der Waals surface area contributed by atoms with E-state index in [1.165, 1.54) is 6.07 Å². The highest BCUT2D eigenvalue weighted by Gasteiger charge is 2.10. The van der Waals surface area contributed by atoms with Crippen LogP contribution in [0.2, 0.25) is 0 Å². The molecule has 0 bridgehead atoms. The molecule has 0 amide bonds. The van der Waals surface area contributed by atoms with Gasteiger partial charge in [-0.2, -0.15) is 0 Å². The van der Waals surface area contributed by atoms with Gasteiger partial charge in [0.1, 0.15) is 17.9 Å². The predicted octanol–water partition coefficient (Wildman–Crippen LogP) is 4.32. The molecule has 0 saturated carbocycles. The van der Waals surface area contributed by atoms with Crippen LogP contribution in [0.1, 0.15) is 24.5 Å². The lowest BCUT2D eigenvalue weighted by molar-refractivity contribution is 0.356. The maximum Gasteiger partial charge on any atom is 0.336 e. The van der Waals surface area contributed by atoms with Crippen LogP contribution in [0, 0.1) is 13.8 Å². The second-order valence-electron chi connectivity index (χ2n) is 4.66. The van der Waals surface area contributed by atoms with E-state index in [2.05, 4.69) is 0 Å². The Morgan fingerprint density at radius 1 is 1.40 bits per heavy atom. The molecule has 0 saturated heterocycles. The van der Waals surface area contributed by atoms with E-state index in [1.54, 1.807) is 0 Å². The van der Waals surface area contributed by atoms with Crippen molar-refractivity contribution in [3.05, 3.63) is 50.9 Å². The predicted molar refractivity (Wildman–Crippen MR) is 81.7 cm³/mol. The number of aryl methyl sites for hydroxylation is 2. The minimum atomic E-state index is -0.348. The minimum absolute atomic E-state index is 0.317. The van der Waals surface area contributed by atoms with E-state index >= 15 is 0 Å². The third-order valence-corrected chi connectivity index (χ3v) is 3.37. The molecule has 2 aromatic rings. The zero-order valence-electron chi connectivity index (χ0n) is 11.8. The van der Waals surface area contributed by atoms with E-state index in [4.69, 9.17) is 20.8 Å². The summed E-state index contributed by atoms with van der Waals surface area (Å²) < 4.78 is 11.0. The van der Waals surface area contributed by atoms with Gasteiger partial charge in [0.05, 0.1) is 5.03 Å². The van der Waals surface area contributed by atoms with Gasteiger partial charge in [-0.1, -0.05) is 24.6 Å². The Morgan fingerprint density at radius 3 is 2.85 bits per heavy atom. The molecule has 106 valence electrons. The van der Waals surface area contributed by atoms with Crippen LogP contribution in [-0.2, 0) is 0 Å². The Bertz CT molecular complexity index is 713. The van der Waals surface area contributed by atoms with Gasteiger partial charge in [-0.3, -0.25) is 0 Å². The topological polar surface area (TPSA) is 39.4 Å². The van der Waals surface area contributed by atoms with Gasteiger partial charge < -0.3 is 9.15 Å². The van der Waals surface area contributed by atoms with Crippen molar-refractivity contribution in [3.8, 4) is 5.75 Å². The molecule has 0 fully saturated rings. The van der Waals surface area contributed by atoms with Crippen LogP contribution < -0.4 is 10.4 Å². The van der Waals surface area contributed by atoms with E-state index in [0.717, 1.165) is 22.9 Å². The van der Waals surface area contributed by atoms with Gasteiger partial charge in [0.2, 0.25) is 0 Å². The van der Waals surface area contributed by atoms with Gasteiger partial charge in [0.15, 0.2) is 0 Å². The molecule has 0 spiro atoms. The fraction of sp³-hybridized carbons (Fsp3) is 0.312. The SMILES string of the molecule is CCC=C(Cl)COc1ccc2c(C)cc(=O)oc2c1C. The van der Waals surface area contributed by atoms with Crippen molar-refractivity contribution in [2.45, 2.75) is 27.2 Å². The lowest BCUT2D eigenvalue weighted by Gasteiger charge is -2.11. The molecule has 20 heavy (non-hydrogen) atoms. The Balaban J connectivity index is 2.39. The zero-order chi connectivity index (χ0) is 14.7. The summed E-state index contributed by atoms with van der Waals surface area (Å²) in [4.78, 5) is 11.5. The second kappa shape index (κ2) is 6.14. The van der Waals surface area contributed by atoms with Gasteiger partial charge in [0, 0.05) is 17.0 Å². The summed E-state index contributed by atoms with van der Waals surface area (Å²) in [6.45, 7) is 6.09. The van der Waals surface area contributed by atoms with Crippen LogP contribution in [0.5, 0.6) is 5.75 Å². The van der Waals surface area contributed by atoms with E-state index < -0.39 is 0 Å². The Morgan fingerprint density at radius 2 is 2.15 bits per heavy atom. The summed E-state index contributed by atoms with van der Waals surface area (Å²) in [7, 11) is 0. The van der Waals surface area contributed by atoms with E-state index in [0.29, 0.717) is 23.0 Å². The summed E-state index contributed by atoms with van der Waals surface area (Å²) in [5.74, 6) is 0.675. The molecule has 0 aliphatic carbocycles. The van der Waals surface area contributed by atoms with Gasteiger partial charge in [-0.05, 0) is 38.0 Å². The fourth-order valence-corrected chi connectivity index (χ4v) is 2.29. The van der Waals surface area contributed by atoms with Crippen LogP contribution in [0.25, 0.3) is 11.0 Å². The number of allylic oxidation sites excluding steroid dienone is 1. The maximum absolute atomic E-state index is 11.5. The van der Waals surface area contributed by atoms with Crippen LogP contribution in [-0.4, -0.2) is 6.61 Å². The quantitative estimate of drug-likeness (QED) is 0.788. The van der Waals surface area contributed by atoms with Crippen LogP contribution in [0.3, 0.4) is 0 Å². The summed E-state index contributed by atoms with van der Waals surface area (Å²) in [6.07, 6.45) is 2.77. The normalized spacial score (nSPS) is 11.9. The standard InChI is InChI=1S/C16H17ClO3/c1-4-5-12(17)9-19-14-7-6-13-10(2)8-15(18)20-16(13)11(14)3/h5-8H,4,9H2,1-3H3. The average molecular weight is 293 g/mol. The first kappa shape index (κ1) is 14.7. The maximum atomic E-state index is 11.5. The summed E-state index contributed by atoms with van der Waals surface area (Å²) >= 11 is 6.01. The number of benzene rings is 1. The molecule has 0 N–H and O–H groups in total. The van der Waals surface area contributed by atoms with Crippen LogP contribution in [0.15, 0.2) is 38.5 Å². The number of hydrogen-bond acceptors (Lipinski definition) is 3. The molecule has 0 aliphatic heterocycles. The first-order chi connectivity index (χ1) is 9.52. The average Bonchev–Trinajstić information content (AvgIpc) is 2.39. The smallest absolute Gasteiger partial charge is 0.336 e. The van der Waals surface area contributed by atoms with Gasteiger partial charge >= 0.3 is 5.63 Å². The molecular weight excluding hydrogens is 276 g/mol. The molecule has 0 aliphatic rings. The van der Waals surface area contributed by atoms with Crippen molar-refractivity contribution in [3.63, 3.8) is 0 Å². The molecule has 0 unspecified atom stereocenters. The molecule has 0 atom stereocenters. The van der Waals surface area contributed by atoms with Crippen molar-refractivity contribution in [1.29, 1.82) is 0 Å². The fourth-order valence-electron chi connectivity index (χ4n) is 2.08. The second-order valence-corrected chi connectivity index (χ2v) is 5.15. The van der Waals surface area contributed by atoms with E-state index in [-0.39, 0.29) is 5.63 Å². The molecule has 4 heteroatoms. The number of hydrogen-bond donors (Lipinski definition) is 0. The molecule has 1 aromatic carbocycles. The Kier molecular flexibility index (Phi) is 4.50. The van der Waals surface area contributed by atoms with Crippen molar-refractivity contribution < 1.29 is 9.15 Å². The van der Waals surface area contributed by atoms with Crippen molar-refractivity contribution >= 4 is 22.6 Å². The van der Waals surface area contributed by atoms with E-state index in [9.17, 15) is 4.79 Å². The molecule has 3 nitrogen and oxygen atoms in total. The van der Waals surface area contributed by atoms with Gasteiger partial charge in [-0.15, -0.1) is 0 Å². The van der Waals surface area contributed by atoms with Gasteiger partial charge in [0.25, 0.3) is 0 Å². The molecular formula is C16H17ClO3. The number of halogens is 1. The van der Waals surface area contributed by atoms with Gasteiger partial charge in [-0.25, -0.2) is 4.79 Å². The van der Waals surface area contributed by atoms with Crippen LogP contribution in [0.4, 0.5) is 0 Å². The third-order valence-electron chi connectivity index (χ3n) is 3.11. The lowest BCUT2D eigenvalue weighted by Crippen LogP contribution is -2.02. The van der Waals surface area contributed by atoms with Crippen LogP contribution >= 0.6 is 11.6 Å². The highest BCUT2D eigenvalue weighted by molar-refractivity contribution is 6.29. The van der Waals surface area contributed by atoms with Crippen molar-refractivity contribution in [1.82, 2.24) is 0 Å². The summed E-state index contributed by atoms with van der Waals surface area (Å²) in [6, 6.07) is 5.26. The van der Waals surface area contributed by atoms with Crippen molar-refractivity contribution in [2.24, 2.45) is 0 Å². The molecule has 2 rings (SSSR count). The zero-order valence-corrected chi connectivity index (χ0v) is 12.6.